The van der Waals surface area contributed by atoms with Crippen LogP contribution < -0.4 is 5.32 Å². The van der Waals surface area contributed by atoms with E-state index in [9.17, 15) is 4.79 Å². The minimum atomic E-state index is -0.305. The number of anilines is 1. The third-order valence-electron chi connectivity index (χ3n) is 2.87. The molecule has 10 heteroatoms. The topological polar surface area (TPSA) is 94.3 Å². The molecule has 0 aromatic carbocycles. The first-order valence-electron chi connectivity index (χ1n) is 6.74. The molecule has 3 rings (SSSR count). The zero-order chi connectivity index (χ0) is 16.2. The summed E-state index contributed by atoms with van der Waals surface area (Å²) >= 11 is 2.86. The van der Waals surface area contributed by atoms with Crippen molar-refractivity contribution in [2.45, 2.75) is 11.3 Å². The molecule has 0 radical (unpaired) electrons. The molecule has 120 valence electrons. The van der Waals surface area contributed by atoms with Gasteiger partial charge in [0.05, 0.1) is 12.8 Å². The lowest BCUT2D eigenvalue weighted by Crippen LogP contribution is -2.11. The van der Waals surface area contributed by atoms with Gasteiger partial charge >= 0.3 is 0 Å². The van der Waals surface area contributed by atoms with E-state index in [1.165, 1.54) is 29.3 Å². The van der Waals surface area contributed by atoms with Crippen LogP contribution in [0.15, 0.2) is 22.9 Å². The van der Waals surface area contributed by atoms with Gasteiger partial charge in [-0.15, -0.1) is 10.2 Å². The molecule has 0 aliphatic rings. The van der Waals surface area contributed by atoms with Crippen molar-refractivity contribution in [2.75, 3.05) is 24.8 Å². The van der Waals surface area contributed by atoms with Gasteiger partial charge in [-0.2, -0.15) is 5.10 Å². The Labute approximate surface area is 140 Å². The zero-order valence-electron chi connectivity index (χ0n) is 12.5. The van der Waals surface area contributed by atoms with Crippen LogP contribution >= 0.6 is 23.1 Å². The lowest BCUT2D eigenvalue weighted by atomic mass is 10.3. The average Bonchev–Trinajstić information content (AvgIpc) is 3.14. The predicted octanol–water partition coefficient (Wildman–Crippen LogP) is 1.88. The molecular weight excluding hydrogens is 336 g/mol. The van der Waals surface area contributed by atoms with E-state index in [1.807, 2.05) is 13.1 Å². The molecule has 0 bridgehead atoms. The molecular formula is C13H14N6O2S2. The number of fused-ring (bicyclic) bond motifs is 1. The SMILES string of the molecule is COCCSc1nnc(NC(=O)c2cnn3cc(C)cnc23)s1. The first-order chi connectivity index (χ1) is 11.2. The number of hydrogen-bond acceptors (Lipinski definition) is 8. The fraction of sp³-hybridized carbons (Fsp3) is 0.308. The number of rotatable bonds is 6. The largest absolute Gasteiger partial charge is 0.384 e. The molecule has 0 atom stereocenters. The molecule has 3 aromatic rings. The van der Waals surface area contributed by atoms with Gasteiger partial charge in [0, 0.05) is 25.3 Å². The number of amides is 1. The lowest BCUT2D eigenvalue weighted by Gasteiger charge is -1.99. The van der Waals surface area contributed by atoms with E-state index in [0.717, 1.165) is 15.7 Å². The van der Waals surface area contributed by atoms with Crippen LogP contribution in [0.25, 0.3) is 5.65 Å². The Kier molecular flexibility index (Phi) is 4.84. The van der Waals surface area contributed by atoms with Crippen molar-refractivity contribution in [3.05, 3.63) is 29.7 Å². The van der Waals surface area contributed by atoms with Crippen LogP contribution in [-0.4, -0.2) is 50.2 Å². The van der Waals surface area contributed by atoms with Crippen LogP contribution in [0.3, 0.4) is 0 Å². The number of thioether (sulfide) groups is 1. The van der Waals surface area contributed by atoms with Gasteiger partial charge in [-0.3, -0.25) is 10.1 Å². The van der Waals surface area contributed by atoms with E-state index in [4.69, 9.17) is 4.74 Å². The third-order valence-corrected chi connectivity index (χ3v) is 4.81. The number of ether oxygens (including phenoxy) is 1. The molecule has 0 aliphatic carbocycles. The highest BCUT2D eigenvalue weighted by Crippen LogP contribution is 2.25. The number of hydrogen-bond donors (Lipinski definition) is 1. The number of aryl methyl sites for hydroxylation is 1. The van der Waals surface area contributed by atoms with Gasteiger partial charge in [-0.25, -0.2) is 9.50 Å². The summed E-state index contributed by atoms with van der Waals surface area (Å²) in [5.74, 6) is 0.483. The summed E-state index contributed by atoms with van der Waals surface area (Å²) in [4.78, 5) is 16.6. The molecule has 8 nitrogen and oxygen atoms in total. The number of carbonyl (C=O) groups is 1. The van der Waals surface area contributed by atoms with Gasteiger partial charge in [0.1, 0.15) is 5.56 Å². The molecule has 3 heterocycles. The van der Waals surface area contributed by atoms with Crippen molar-refractivity contribution >= 4 is 39.8 Å². The van der Waals surface area contributed by atoms with Gasteiger partial charge in [-0.1, -0.05) is 23.1 Å². The minimum absolute atomic E-state index is 0.305. The normalized spacial score (nSPS) is 11.0. The first kappa shape index (κ1) is 15.8. The maximum atomic E-state index is 12.4. The van der Waals surface area contributed by atoms with Crippen LogP contribution in [0, 0.1) is 6.92 Å². The van der Waals surface area contributed by atoms with Gasteiger partial charge in [-0.05, 0) is 12.5 Å². The molecule has 0 unspecified atom stereocenters. The number of nitrogens with one attached hydrogen (secondary N) is 1. The minimum Gasteiger partial charge on any atom is -0.384 e. The molecule has 0 fully saturated rings. The molecule has 1 N–H and O–H groups in total. The van der Waals surface area contributed by atoms with E-state index < -0.39 is 0 Å². The van der Waals surface area contributed by atoms with Gasteiger partial charge in [0.2, 0.25) is 5.13 Å². The maximum absolute atomic E-state index is 12.4. The average molecular weight is 350 g/mol. The monoisotopic (exact) mass is 350 g/mol. The Morgan fingerprint density at radius 1 is 1.43 bits per heavy atom. The molecule has 1 amide bonds. The van der Waals surface area contributed by atoms with Gasteiger partial charge < -0.3 is 4.74 Å². The molecule has 0 spiro atoms. The van der Waals surface area contributed by atoms with E-state index in [-0.39, 0.29) is 5.91 Å². The highest BCUT2D eigenvalue weighted by Gasteiger charge is 2.16. The van der Waals surface area contributed by atoms with E-state index in [1.54, 1.807) is 17.8 Å². The van der Waals surface area contributed by atoms with E-state index in [2.05, 4.69) is 25.6 Å². The van der Waals surface area contributed by atoms with E-state index >= 15 is 0 Å². The second kappa shape index (κ2) is 7.02. The highest BCUT2D eigenvalue weighted by atomic mass is 32.2. The van der Waals surface area contributed by atoms with Crippen molar-refractivity contribution in [3.63, 3.8) is 0 Å². The summed E-state index contributed by atoms with van der Waals surface area (Å²) in [6.07, 6.45) is 5.00. The van der Waals surface area contributed by atoms with Crippen LogP contribution in [0.2, 0.25) is 0 Å². The highest BCUT2D eigenvalue weighted by molar-refractivity contribution is 8.01. The van der Waals surface area contributed by atoms with Crippen molar-refractivity contribution < 1.29 is 9.53 Å². The molecule has 0 aliphatic heterocycles. The van der Waals surface area contributed by atoms with Crippen LogP contribution in [-0.2, 0) is 4.74 Å². The Balaban J connectivity index is 1.71. The maximum Gasteiger partial charge on any atom is 0.262 e. The summed E-state index contributed by atoms with van der Waals surface area (Å²) in [5.41, 5.74) is 1.87. The van der Waals surface area contributed by atoms with Gasteiger partial charge in [0.15, 0.2) is 9.99 Å². The number of aromatic nitrogens is 5. The molecule has 0 saturated carbocycles. The number of nitrogens with zero attached hydrogens (tertiary/aromatic N) is 5. The van der Waals surface area contributed by atoms with E-state index in [0.29, 0.717) is 22.9 Å². The smallest absolute Gasteiger partial charge is 0.262 e. The molecule has 0 saturated heterocycles. The zero-order valence-corrected chi connectivity index (χ0v) is 14.1. The first-order valence-corrected chi connectivity index (χ1v) is 8.54. The molecule has 3 aromatic heterocycles. The number of methoxy groups -OCH3 is 1. The summed E-state index contributed by atoms with van der Waals surface area (Å²) < 4.78 is 7.35. The van der Waals surface area contributed by atoms with Crippen molar-refractivity contribution in [3.8, 4) is 0 Å². The van der Waals surface area contributed by atoms with Crippen molar-refractivity contribution in [1.82, 2.24) is 24.8 Å². The van der Waals surface area contributed by atoms with Crippen LogP contribution in [0.5, 0.6) is 0 Å². The Morgan fingerprint density at radius 2 is 2.30 bits per heavy atom. The van der Waals surface area contributed by atoms with Crippen molar-refractivity contribution in [1.29, 1.82) is 0 Å². The second-order valence-corrected chi connectivity index (χ2v) is 6.95. The van der Waals surface area contributed by atoms with Gasteiger partial charge in [0.25, 0.3) is 5.91 Å². The summed E-state index contributed by atoms with van der Waals surface area (Å²) in [6, 6.07) is 0. The summed E-state index contributed by atoms with van der Waals surface area (Å²) in [7, 11) is 1.65. The Hall–Kier alpha value is -2.04. The summed E-state index contributed by atoms with van der Waals surface area (Å²) in [6.45, 7) is 2.55. The fourth-order valence-corrected chi connectivity index (χ4v) is 3.54. The number of carbonyl (C=O) groups excluding carboxylic acids is 1. The third kappa shape index (κ3) is 3.66. The molecule has 23 heavy (non-hydrogen) atoms. The van der Waals surface area contributed by atoms with Crippen molar-refractivity contribution in [2.24, 2.45) is 0 Å². The standard InChI is InChI=1S/C13H14N6O2S2/c1-8-5-14-10-9(6-15-19(10)7-8)11(20)16-12-17-18-13(23-12)22-4-3-21-2/h5-7H,3-4H2,1-2H3,(H,16,17,20). The van der Waals surface area contributed by atoms with Crippen LogP contribution in [0.4, 0.5) is 5.13 Å². The predicted molar refractivity (Wildman–Crippen MR) is 88.2 cm³/mol. The lowest BCUT2D eigenvalue weighted by molar-refractivity contribution is 0.102. The second-order valence-electron chi connectivity index (χ2n) is 4.63. The fourth-order valence-electron chi connectivity index (χ4n) is 1.82. The van der Waals surface area contributed by atoms with Crippen LogP contribution in [0.1, 0.15) is 15.9 Å². The quantitative estimate of drug-likeness (QED) is 0.412. The summed E-state index contributed by atoms with van der Waals surface area (Å²) in [5, 5.41) is 15.3. The Morgan fingerprint density at radius 3 is 3.13 bits per heavy atom. The Bertz CT molecular complexity index is 831.